The van der Waals surface area contributed by atoms with E-state index in [1.54, 1.807) is 11.8 Å². The number of piperidine rings is 1. The summed E-state index contributed by atoms with van der Waals surface area (Å²) >= 11 is 0. The maximum Gasteiger partial charge on any atom is 0.410 e. The van der Waals surface area contributed by atoms with Crippen LogP contribution in [-0.4, -0.2) is 27.7 Å². The Morgan fingerprint density at radius 1 is 1.36 bits per heavy atom. The molecule has 6 heteroatoms. The van der Waals surface area contributed by atoms with Gasteiger partial charge in [0, 0.05) is 6.54 Å². The molecule has 1 aromatic carbocycles. The van der Waals surface area contributed by atoms with Gasteiger partial charge in [0.15, 0.2) is 5.82 Å². The molecule has 1 aliphatic rings. The molecule has 0 bridgehead atoms. The van der Waals surface area contributed by atoms with Gasteiger partial charge in [-0.1, -0.05) is 35.5 Å². The number of benzene rings is 1. The van der Waals surface area contributed by atoms with Gasteiger partial charge >= 0.3 is 6.09 Å². The normalized spacial score (nSPS) is 18.2. The number of aryl methyl sites for hydroxylation is 1. The van der Waals surface area contributed by atoms with Gasteiger partial charge in [0.05, 0.1) is 0 Å². The standard InChI is InChI=1S/C16H19N3O3/c1-12-17-15(22-18-12)14-9-5-6-10-19(14)16(20)21-11-13-7-3-2-4-8-13/h2-4,7-8,14H,5-6,9-11H2,1H3/t14-/m1/s1. The molecule has 1 aliphatic heterocycles. The van der Waals surface area contributed by atoms with Crippen molar-refractivity contribution in [1.29, 1.82) is 0 Å². The summed E-state index contributed by atoms with van der Waals surface area (Å²) in [6.07, 6.45) is 2.49. The van der Waals surface area contributed by atoms with Crippen LogP contribution in [0.3, 0.4) is 0 Å². The Balaban J connectivity index is 1.66. The van der Waals surface area contributed by atoms with Gasteiger partial charge in [0.2, 0.25) is 5.89 Å². The molecule has 0 aliphatic carbocycles. The molecular formula is C16H19N3O3. The molecular weight excluding hydrogens is 282 g/mol. The van der Waals surface area contributed by atoms with E-state index in [0.717, 1.165) is 24.8 Å². The summed E-state index contributed by atoms with van der Waals surface area (Å²) in [4.78, 5) is 18.3. The summed E-state index contributed by atoms with van der Waals surface area (Å²) in [5.74, 6) is 1.08. The quantitative estimate of drug-likeness (QED) is 0.870. The van der Waals surface area contributed by atoms with E-state index in [4.69, 9.17) is 9.26 Å². The third-order valence-electron chi connectivity index (χ3n) is 3.77. The van der Waals surface area contributed by atoms with Crippen molar-refractivity contribution in [3.05, 3.63) is 47.6 Å². The number of hydrogen-bond acceptors (Lipinski definition) is 5. The van der Waals surface area contributed by atoms with Gasteiger partial charge in [-0.3, -0.25) is 4.90 Å². The average Bonchev–Trinajstić information content (AvgIpc) is 3.00. The lowest BCUT2D eigenvalue weighted by Gasteiger charge is -2.32. The molecule has 1 saturated heterocycles. The zero-order valence-corrected chi connectivity index (χ0v) is 12.6. The number of nitrogens with zero attached hydrogens (tertiary/aromatic N) is 3. The Hall–Kier alpha value is -2.37. The Morgan fingerprint density at radius 3 is 2.91 bits per heavy atom. The number of hydrogen-bond donors (Lipinski definition) is 0. The van der Waals surface area contributed by atoms with Gasteiger partial charge in [-0.25, -0.2) is 4.79 Å². The van der Waals surface area contributed by atoms with E-state index < -0.39 is 0 Å². The molecule has 0 radical (unpaired) electrons. The summed E-state index contributed by atoms with van der Waals surface area (Å²) in [7, 11) is 0. The predicted octanol–water partition coefficient (Wildman–Crippen LogP) is 3.24. The molecule has 6 nitrogen and oxygen atoms in total. The summed E-state index contributed by atoms with van der Waals surface area (Å²) in [5.41, 5.74) is 0.970. The Kier molecular flexibility index (Phi) is 4.37. The van der Waals surface area contributed by atoms with Crippen LogP contribution in [-0.2, 0) is 11.3 Å². The molecule has 0 N–H and O–H groups in total. The minimum absolute atomic E-state index is 0.182. The first kappa shape index (κ1) is 14.6. The Morgan fingerprint density at radius 2 is 2.18 bits per heavy atom. The second kappa shape index (κ2) is 6.60. The van der Waals surface area contributed by atoms with Gasteiger partial charge in [-0.2, -0.15) is 4.98 Å². The van der Waals surface area contributed by atoms with Crippen LogP contribution < -0.4 is 0 Å². The second-order valence-electron chi connectivity index (χ2n) is 5.42. The zero-order valence-electron chi connectivity index (χ0n) is 12.6. The van der Waals surface area contributed by atoms with E-state index in [1.807, 2.05) is 30.3 Å². The lowest BCUT2D eigenvalue weighted by molar-refractivity contribution is 0.0592. The molecule has 2 aromatic rings. The van der Waals surface area contributed by atoms with Crippen molar-refractivity contribution in [2.24, 2.45) is 0 Å². The van der Waals surface area contributed by atoms with Crippen LogP contribution in [0.1, 0.15) is 42.6 Å². The van der Waals surface area contributed by atoms with Gasteiger partial charge in [0.1, 0.15) is 12.6 Å². The number of amides is 1. The number of aromatic nitrogens is 2. The molecule has 1 amide bonds. The molecule has 1 atom stereocenters. The van der Waals surface area contributed by atoms with E-state index in [9.17, 15) is 4.79 Å². The Bertz CT molecular complexity index is 627. The largest absolute Gasteiger partial charge is 0.445 e. The number of likely N-dealkylation sites (tertiary alicyclic amines) is 1. The number of carbonyl (C=O) groups is 1. The van der Waals surface area contributed by atoms with Crippen LogP contribution in [0.5, 0.6) is 0 Å². The van der Waals surface area contributed by atoms with Crippen molar-refractivity contribution >= 4 is 6.09 Å². The molecule has 1 fully saturated rings. The van der Waals surface area contributed by atoms with Crippen LogP contribution in [0.4, 0.5) is 4.79 Å². The first-order chi connectivity index (χ1) is 10.7. The van der Waals surface area contributed by atoms with Crippen molar-refractivity contribution in [2.45, 2.75) is 38.8 Å². The van der Waals surface area contributed by atoms with Crippen molar-refractivity contribution in [2.75, 3.05) is 6.54 Å². The third kappa shape index (κ3) is 3.27. The molecule has 0 saturated carbocycles. The number of carbonyl (C=O) groups excluding carboxylic acids is 1. The van der Waals surface area contributed by atoms with Crippen LogP contribution >= 0.6 is 0 Å². The van der Waals surface area contributed by atoms with E-state index in [1.165, 1.54) is 0 Å². The van der Waals surface area contributed by atoms with Crippen LogP contribution in [0.15, 0.2) is 34.9 Å². The van der Waals surface area contributed by atoms with Crippen LogP contribution in [0, 0.1) is 6.92 Å². The summed E-state index contributed by atoms with van der Waals surface area (Å²) in [5, 5.41) is 3.81. The molecule has 3 rings (SSSR count). The summed E-state index contributed by atoms with van der Waals surface area (Å²) in [6, 6.07) is 9.47. The fourth-order valence-electron chi connectivity index (χ4n) is 2.66. The molecule has 2 heterocycles. The highest BCUT2D eigenvalue weighted by Gasteiger charge is 2.32. The Labute approximate surface area is 129 Å². The molecule has 22 heavy (non-hydrogen) atoms. The molecule has 1 aromatic heterocycles. The summed E-state index contributed by atoms with van der Waals surface area (Å²) < 4.78 is 10.7. The topological polar surface area (TPSA) is 68.5 Å². The van der Waals surface area contributed by atoms with E-state index in [0.29, 0.717) is 18.3 Å². The third-order valence-corrected chi connectivity index (χ3v) is 3.77. The van der Waals surface area contributed by atoms with Gasteiger partial charge in [0.25, 0.3) is 0 Å². The zero-order chi connectivity index (χ0) is 15.4. The SMILES string of the molecule is Cc1noc([C@H]2CCCCN2C(=O)OCc2ccccc2)n1. The number of rotatable bonds is 3. The lowest BCUT2D eigenvalue weighted by Crippen LogP contribution is -2.39. The molecule has 0 unspecified atom stereocenters. The molecule has 0 spiro atoms. The summed E-state index contributed by atoms with van der Waals surface area (Å²) in [6.45, 7) is 2.69. The maximum absolute atomic E-state index is 12.4. The molecule has 116 valence electrons. The maximum atomic E-state index is 12.4. The highest BCUT2D eigenvalue weighted by atomic mass is 16.6. The smallest absolute Gasteiger partial charge is 0.410 e. The average molecular weight is 301 g/mol. The first-order valence-electron chi connectivity index (χ1n) is 7.51. The van der Waals surface area contributed by atoms with E-state index >= 15 is 0 Å². The first-order valence-corrected chi connectivity index (χ1v) is 7.51. The highest BCUT2D eigenvalue weighted by Crippen LogP contribution is 2.30. The van der Waals surface area contributed by atoms with Crippen molar-refractivity contribution in [3.8, 4) is 0 Å². The fraction of sp³-hybridized carbons (Fsp3) is 0.438. The van der Waals surface area contributed by atoms with Crippen molar-refractivity contribution < 1.29 is 14.1 Å². The number of ether oxygens (including phenoxy) is 1. The van der Waals surface area contributed by atoms with Crippen LogP contribution in [0.25, 0.3) is 0 Å². The van der Waals surface area contributed by atoms with E-state index in [-0.39, 0.29) is 18.7 Å². The lowest BCUT2D eigenvalue weighted by atomic mass is 10.0. The highest BCUT2D eigenvalue weighted by molar-refractivity contribution is 5.68. The predicted molar refractivity (Wildman–Crippen MR) is 79.0 cm³/mol. The van der Waals surface area contributed by atoms with Gasteiger partial charge in [-0.15, -0.1) is 0 Å². The minimum Gasteiger partial charge on any atom is -0.445 e. The van der Waals surface area contributed by atoms with Gasteiger partial charge in [-0.05, 0) is 31.7 Å². The monoisotopic (exact) mass is 301 g/mol. The van der Waals surface area contributed by atoms with E-state index in [2.05, 4.69) is 10.1 Å². The van der Waals surface area contributed by atoms with Gasteiger partial charge < -0.3 is 9.26 Å². The van der Waals surface area contributed by atoms with Crippen molar-refractivity contribution in [3.63, 3.8) is 0 Å². The fourth-order valence-corrected chi connectivity index (χ4v) is 2.66. The minimum atomic E-state index is -0.329. The van der Waals surface area contributed by atoms with Crippen molar-refractivity contribution in [1.82, 2.24) is 15.0 Å². The second-order valence-corrected chi connectivity index (χ2v) is 5.42. The van der Waals surface area contributed by atoms with Crippen LogP contribution in [0.2, 0.25) is 0 Å².